The van der Waals surface area contributed by atoms with E-state index in [-0.39, 0.29) is 11.3 Å². The number of rotatable bonds is 3. The van der Waals surface area contributed by atoms with E-state index in [1.165, 1.54) is 13.2 Å². The first-order chi connectivity index (χ1) is 10.1. The Morgan fingerprint density at radius 1 is 1.19 bits per heavy atom. The highest BCUT2D eigenvalue weighted by molar-refractivity contribution is 5.97. The molecule has 6 heteroatoms. The number of ether oxygens (including phenoxy) is 1. The molecule has 1 aliphatic rings. The zero-order valence-electron chi connectivity index (χ0n) is 11.9. The van der Waals surface area contributed by atoms with Gasteiger partial charge >= 0.3 is 5.97 Å². The first-order valence-electron chi connectivity index (χ1n) is 6.48. The van der Waals surface area contributed by atoms with Crippen molar-refractivity contribution in [3.8, 4) is 5.75 Å². The number of aliphatic hydroxyl groups is 1. The third kappa shape index (κ3) is 3.58. The number of methoxy groups -OCH3 is 1. The normalized spacial score (nSPS) is 14.3. The monoisotopic (exact) mass is 300 g/mol. The van der Waals surface area contributed by atoms with Gasteiger partial charge in [0, 0.05) is 18.2 Å². The van der Waals surface area contributed by atoms with Crippen LogP contribution in [0.3, 0.4) is 0 Å². The largest absolute Gasteiger partial charge is 0.493 e. The number of carboxylic acid groups (broad SMARTS) is 1. The minimum atomic E-state index is -1.08. The number of hydrogen-bond acceptors (Lipinski definition) is 3. The van der Waals surface area contributed by atoms with Crippen molar-refractivity contribution >= 4 is 11.5 Å². The van der Waals surface area contributed by atoms with E-state index in [2.05, 4.69) is 0 Å². The van der Waals surface area contributed by atoms with Gasteiger partial charge in [0.25, 0.3) is 0 Å². The van der Waals surface area contributed by atoms with Gasteiger partial charge in [-0.05, 0) is 43.4 Å². The van der Waals surface area contributed by atoms with Crippen molar-refractivity contribution in [1.82, 2.24) is 0 Å². The number of benzene rings is 1. The predicted octanol–water partition coefficient (Wildman–Crippen LogP) is 2.99. The molecule has 1 aromatic carbocycles. The summed E-state index contributed by atoms with van der Waals surface area (Å²) in [6.07, 6.45) is 2.58. The lowest BCUT2D eigenvalue weighted by molar-refractivity contribution is -0.132. The SMILES string of the molecule is CO.COc1c(C2=C(C(=O)O)CCCC2)ccc(F)c1F. The molecular formula is C15H18F2O4. The van der Waals surface area contributed by atoms with Crippen LogP contribution >= 0.6 is 0 Å². The van der Waals surface area contributed by atoms with Crippen LogP contribution in [0.1, 0.15) is 31.2 Å². The van der Waals surface area contributed by atoms with Crippen molar-refractivity contribution in [1.29, 1.82) is 0 Å². The summed E-state index contributed by atoms with van der Waals surface area (Å²) in [5.41, 5.74) is 1.13. The van der Waals surface area contributed by atoms with Crippen molar-refractivity contribution in [2.75, 3.05) is 14.2 Å². The quantitative estimate of drug-likeness (QED) is 0.900. The van der Waals surface area contributed by atoms with Crippen molar-refractivity contribution in [2.45, 2.75) is 25.7 Å². The van der Waals surface area contributed by atoms with Crippen molar-refractivity contribution in [2.24, 2.45) is 0 Å². The molecule has 0 spiro atoms. The number of halogens is 2. The number of aliphatic carboxylic acids is 1. The van der Waals surface area contributed by atoms with Crippen LogP contribution in [-0.2, 0) is 4.79 Å². The summed E-state index contributed by atoms with van der Waals surface area (Å²) in [7, 11) is 2.24. The van der Waals surface area contributed by atoms with E-state index < -0.39 is 17.6 Å². The van der Waals surface area contributed by atoms with Crippen LogP contribution in [0.5, 0.6) is 5.75 Å². The summed E-state index contributed by atoms with van der Waals surface area (Å²) in [4.78, 5) is 11.2. The van der Waals surface area contributed by atoms with Gasteiger partial charge in [0.2, 0.25) is 5.82 Å². The fourth-order valence-electron chi connectivity index (χ4n) is 2.41. The van der Waals surface area contributed by atoms with Crippen LogP contribution in [0.4, 0.5) is 8.78 Å². The molecule has 116 valence electrons. The van der Waals surface area contributed by atoms with Crippen LogP contribution in [0.25, 0.3) is 5.57 Å². The van der Waals surface area contributed by atoms with E-state index in [1.54, 1.807) is 0 Å². The molecule has 1 aromatic rings. The minimum Gasteiger partial charge on any atom is -0.493 e. The lowest BCUT2D eigenvalue weighted by Gasteiger charge is -2.20. The van der Waals surface area contributed by atoms with E-state index in [9.17, 15) is 18.7 Å². The van der Waals surface area contributed by atoms with Crippen LogP contribution in [0.2, 0.25) is 0 Å². The summed E-state index contributed by atoms with van der Waals surface area (Å²) >= 11 is 0. The van der Waals surface area contributed by atoms with Crippen LogP contribution in [-0.4, -0.2) is 30.4 Å². The maximum atomic E-state index is 13.7. The summed E-state index contributed by atoms with van der Waals surface area (Å²) < 4.78 is 31.8. The molecule has 21 heavy (non-hydrogen) atoms. The number of hydrogen-bond donors (Lipinski definition) is 2. The standard InChI is InChI=1S/C14H14F2O3.CH4O/c1-19-13-9(6-7-11(15)12(13)16)8-4-2-3-5-10(8)14(17)18;1-2/h6-7H,2-5H2,1H3,(H,17,18);2H,1H3. The first kappa shape index (κ1) is 17.1. The second kappa shape index (κ2) is 7.73. The van der Waals surface area contributed by atoms with E-state index in [1.807, 2.05) is 0 Å². The number of carbonyl (C=O) groups is 1. The van der Waals surface area contributed by atoms with Gasteiger partial charge in [0.1, 0.15) is 0 Å². The molecule has 0 radical (unpaired) electrons. The molecule has 0 saturated carbocycles. The summed E-state index contributed by atoms with van der Waals surface area (Å²) in [6.45, 7) is 0. The minimum absolute atomic E-state index is 0.226. The second-order valence-corrected chi connectivity index (χ2v) is 4.41. The molecule has 4 nitrogen and oxygen atoms in total. The number of aliphatic hydroxyl groups excluding tert-OH is 1. The highest BCUT2D eigenvalue weighted by Gasteiger charge is 2.24. The highest BCUT2D eigenvalue weighted by atomic mass is 19.2. The Bertz CT molecular complexity index is 553. The molecule has 1 aliphatic carbocycles. The van der Waals surface area contributed by atoms with Gasteiger partial charge in [-0.25, -0.2) is 9.18 Å². The molecule has 0 saturated heterocycles. The average molecular weight is 300 g/mol. The molecule has 0 aromatic heterocycles. The van der Waals surface area contributed by atoms with Gasteiger partial charge in [-0.3, -0.25) is 0 Å². The van der Waals surface area contributed by atoms with Gasteiger partial charge in [-0.1, -0.05) is 0 Å². The van der Waals surface area contributed by atoms with Crippen LogP contribution < -0.4 is 4.74 Å². The number of allylic oxidation sites excluding steroid dienone is 1. The molecule has 0 unspecified atom stereocenters. The third-order valence-electron chi connectivity index (χ3n) is 3.31. The molecule has 0 aliphatic heterocycles. The second-order valence-electron chi connectivity index (χ2n) is 4.41. The molecule has 0 bridgehead atoms. The van der Waals surface area contributed by atoms with E-state index in [0.717, 1.165) is 26.0 Å². The topological polar surface area (TPSA) is 66.8 Å². The van der Waals surface area contributed by atoms with Crippen molar-refractivity contribution < 1.29 is 28.5 Å². The van der Waals surface area contributed by atoms with Crippen molar-refractivity contribution in [3.05, 3.63) is 34.9 Å². The maximum absolute atomic E-state index is 13.7. The molecular weight excluding hydrogens is 282 g/mol. The zero-order chi connectivity index (χ0) is 16.0. The number of carboxylic acids is 1. The van der Waals surface area contributed by atoms with Crippen LogP contribution in [0.15, 0.2) is 17.7 Å². The maximum Gasteiger partial charge on any atom is 0.331 e. The zero-order valence-corrected chi connectivity index (χ0v) is 11.9. The van der Waals surface area contributed by atoms with Crippen LogP contribution in [0, 0.1) is 11.6 Å². The molecule has 0 atom stereocenters. The molecule has 2 N–H and O–H groups in total. The Kier molecular flexibility index (Phi) is 6.30. The van der Waals surface area contributed by atoms with Gasteiger partial charge in [0.15, 0.2) is 11.6 Å². The summed E-state index contributed by atoms with van der Waals surface area (Å²) in [5, 5.41) is 16.2. The van der Waals surface area contributed by atoms with E-state index in [0.29, 0.717) is 24.0 Å². The molecule has 0 amide bonds. The molecule has 0 fully saturated rings. The van der Waals surface area contributed by atoms with E-state index in [4.69, 9.17) is 9.84 Å². The van der Waals surface area contributed by atoms with Gasteiger partial charge < -0.3 is 14.9 Å². The van der Waals surface area contributed by atoms with Gasteiger partial charge in [-0.15, -0.1) is 0 Å². The lowest BCUT2D eigenvalue weighted by atomic mass is 9.87. The summed E-state index contributed by atoms with van der Waals surface area (Å²) in [6, 6.07) is 2.37. The molecule has 0 heterocycles. The third-order valence-corrected chi connectivity index (χ3v) is 3.31. The Balaban J connectivity index is 0.00000106. The predicted molar refractivity (Wildman–Crippen MR) is 74.1 cm³/mol. The smallest absolute Gasteiger partial charge is 0.331 e. The molecule has 2 rings (SSSR count). The fourth-order valence-corrected chi connectivity index (χ4v) is 2.41. The average Bonchev–Trinajstić information content (AvgIpc) is 2.51. The fraction of sp³-hybridized carbons (Fsp3) is 0.400. The van der Waals surface area contributed by atoms with Crippen molar-refractivity contribution in [3.63, 3.8) is 0 Å². The Hall–Kier alpha value is -1.95. The Labute approximate surface area is 121 Å². The van der Waals surface area contributed by atoms with Gasteiger partial charge in [0.05, 0.1) is 7.11 Å². The Morgan fingerprint density at radius 2 is 1.81 bits per heavy atom. The summed E-state index contributed by atoms with van der Waals surface area (Å²) in [5.74, 6) is -3.33. The lowest BCUT2D eigenvalue weighted by Crippen LogP contribution is -2.10. The highest BCUT2D eigenvalue weighted by Crippen LogP contribution is 2.38. The van der Waals surface area contributed by atoms with E-state index >= 15 is 0 Å². The Morgan fingerprint density at radius 3 is 2.38 bits per heavy atom. The van der Waals surface area contributed by atoms with Gasteiger partial charge in [-0.2, -0.15) is 4.39 Å². The first-order valence-corrected chi connectivity index (χ1v) is 6.48.